The molecule has 0 aromatic heterocycles. The zero-order valence-electron chi connectivity index (χ0n) is 13.8. The number of esters is 1. The van der Waals surface area contributed by atoms with Crippen LogP contribution in [0.4, 0.5) is 5.69 Å². The second-order valence-corrected chi connectivity index (χ2v) is 5.98. The van der Waals surface area contributed by atoms with Gasteiger partial charge in [0.2, 0.25) is 0 Å². The quantitative estimate of drug-likeness (QED) is 0.402. The Morgan fingerprint density at radius 3 is 2.46 bits per heavy atom. The fourth-order valence-electron chi connectivity index (χ4n) is 2.73. The highest BCUT2D eigenvalue weighted by molar-refractivity contribution is 5.71. The van der Waals surface area contributed by atoms with E-state index in [1.165, 1.54) is 25.1 Å². The Morgan fingerprint density at radius 1 is 1.19 bits per heavy atom. The minimum Gasteiger partial charge on any atom is -0.485 e. The van der Waals surface area contributed by atoms with E-state index in [9.17, 15) is 29.8 Å². The van der Waals surface area contributed by atoms with Crippen LogP contribution >= 0.6 is 0 Å². The summed E-state index contributed by atoms with van der Waals surface area (Å²) >= 11 is 0. The van der Waals surface area contributed by atoms with Crippen LogP contribution in [-0.4, -0.2) is 56.8 Å². The van der Waals surface area contributed by atoms with Gasteiger partial charge in [0.05, 0.1) is 12.0 Å². The average Bonchev–Trinajstić information content (AvgIpc) is 2.60. The lowest BCUT2D eigenvalue weighted by molar-refractivity contribution is -0.174. The third kappa shape index (κ3) is 4.34. The first kappa shape index (κ1) is 19.8. The lowest BCUT2D eigenvalue weighted by atomic mass is 9.80. The monoisotopic (exact) mass is 369 g/mol. The van der Waals surface area contributed by atoms with Crippen molar-refractivity contribution in [3.8, 4) is 5.75 Å². The molecule has 0 saturated heterocycles. The van der Waals surface area contributed by atoms with Crippen LogP contribution in [0.3, 0.4) is 0 Å². The third-order valence-corrected chi connectivity index (χ3v) is 4.14. The average molecular weight is 369 g/mol. The summed E-state index contributed by atoms with van der Waals surface area (Å²) < 4.78 is 10.3. The van der Waals surface area contributed by atoms with E-state index in [0.717, 1.165) is 0 Å². The molecule has 10 heteroatoms. The number of hydrogen-bond donors (Lipinski definition) is 4. The summed E-state index contributed by atoms with van der Waals surface area (Å²) in [6, 6.07) is 4.18. The molecule has 1 saturated carbocycles. The minimum atomic E-state index is -1.72. The van der Waals surface area contributed by atoms with Crippen molar-refractivity contribution in [1.82, 2.24) is 0 Å². The number of carbonyl (C=O) groups excluding carboxylic acids is 1. The molecule has 0 spiro atoms. The first-order valence-corrected chi connectivity index (χ1v) is 7.78. The maximum absolute atomic E-state index is 11.2. The number of rotatable bonds is 6. The van der Waals surface area contributed by atoms with Crippen LogP contribution in [0.1, 0.15) is 18.9 Å². The number of ether oxygens (including phenoxy) is 2. The fourth-order valence-corrected chi connectivity index (χ4v) is 2.73. The zero-order chi connectivity index (χ0) is 19.4. The van der Waals surface area contributed by atoms with Gasteiger partial charge in [-0.15, -0.1) is 4.91 Å². The molecule has 2 rings (SSSR count). The van der Waals surface area contributed by atoms with E-state index >= 15 is 0 Å². The summed E-state index contributed by atoms with van der Waals surface area (Å²) in [7, 11) is 0. The lowest BCUT2D eigenvalue weighted by Gasteiger charge is -2.38. The maximum Gasteiger partial charge on any atom is 0.309 e. The Bertz CT molecular complexity index is 692. The number of benzene rings is 1. The molecule has 0 bridgehead atoms. The molecule has 0 aliphatic heterocycles. The van der Waals surface area contributed by atoms with Crippen molar-refractivity contribution in [2.45, 2.75) is 44.4 Å². The second kappa shape index (κ2) is 8.21. The minimum absolute atomic E-state index is 0.0386. The van der Waals surface area contributed by atoms with Crippen molar-refractivity contribution in [3.63, 3.8) is 0 Å². The van der Waals surface area contributed by atoms with Crippen LogP contribution in [0.2, 0.25) is 0 Å². The molecule has 142 valence electrons. The van der Waals surface area contributed by atoms with E-state index in [1.54, 1.807) is 0 Å². The zero-order valence-corrected chi connectivity index (χ0v) is 13.8. The molecular formula is C16H19NO9. The normalized spacial score (nSPS) is 28.2. The predicted molar refractivity (Wildman–Crippen MR) is 85.5 cm³/mol. The fraction of sp³-hybridized carbons (Fsp3) is 0.500. The Balaban J connectivity index is 2.19. The van der Waals surface area contributed by atoms with Crippen LogP contribution < -0.4 is 4.74 Å². The number of carbonyl (C=O) groups is 2. The van der Waals surface area contributed by atoms with E-state index in [4.69, 9.17) is 14.6 Å². The van der Waals surface area contributed by atoms with Crippen LogP contribution in [0, 0.1) is 10.8 Å². The van der Waals surface area contributed by atoms with Gasteiger partial charge in [-0.1, -0.05) is 6.07 Å². The van der Waals surface area contributed by atoms with Gasteiger partial charge in [0.1, 0.15) is 36.4 Å². The smallest absolute Gasteiger partial charge is 0.309 e. The van der Waals surface area contributed by atoms with Crippen molar-refractivity contribution in [2.24, 2.45) is 11.1 Å². The molecule has 26 heavy (non-hydrogen) atoms. The van der Waals surface area contributed by atoms with Crippen molar-refractivity contribution in [1.29, 1.82) is 0 Å². The topological polar surface area (TPSA) is 163 Å². The van der Waals surface area contributed by atoms with Gasteiger partial charge >= 0.3 is 11.9 Å². The standard InChI is InChI=1S/C16H19NO9/c1-7(18)25-6-8-2-3-11(10(4-8)17-24)26-12-5-9(16(22)23)13(19)15(21)14(12)20/h2-4,9,12-15,19-21H,5-6H2,1H3,(H,22,23)/t9-,12+,13+,14-,15-/m0/s1. The molecule has 1 fully saturated rings. The molecule has 0 unspecified atom stereocenters. The molecule has 10 nitrogen and oxygen atoms in total. The molecule has 1 aliphatic carbocycles. The van der Waals surface area contributed by atoms with Gasteiger partial charge in [-0.25, -0.2) is 0 Å². The van der Waals surface area contributed by atoms with Crippen molar-refractivity contribution < 1.29 is 39.5 Å². The Morgan fingerprint density at radius 2 is 1.88 bits per heavy atom. The number of aliphatic hydroxyl groups is 3. The van der Waals surface area contributed by atoms with Crippen molar-refractivity contribution >= 4 is 17.6 Å². The van der Waals surface area contributed by atoms with Gasteiger partial charge in [0.15, 0.2) is 0 Å². The van der Waals surface area contributed by atoms with Crippen LogP contribution in [0.5, 0.6) is 5.75 Å². The molecule has 0 amide bonds. The molecule has 1 aliphatic rings. The maximum atomic E-state index is 11.2. The lowest BCUT2D eigenvalue weighted by Crippen LogP contribution is -2.57. The summed E-state index contributed by atoms with van der Waals surface area (Å²) in [4.78, 5) is 33.1. The molecule has 0 heterocycles. The van der Waals surface area contributed by atoms with Gasteiger partial charge in [0, 0.05) is 13.3 Å². The van der Waals surface area contributed by atoms with Crippen LogP contribution in [0.15, 0.2) is 23.4 Å². The summed E-state index contributed by atoms with van der Waals surface area (Å²) in [6.45, 7) is 1.16. The van der Waals surface area contributed by atoms with Gasteiger partial charge in [0.25, 0.3) is 0 Å². The van der Waals surface area contributed by atoms with E-state index < -0.39 is 42.3 Å². The van der Waals surface area contributed by atoms with E-state index in [1.807, 2.05) is 0 Å². The largest absolute Gasteiger partial charge is 0.485 e. The SMILES string of the molecule is CC(=O)OCc1ccc(O[C@@H]2C[C@H](C(=O)O)[C@@H](O)[C@H](O)[C@H]2O)c(N=O)c1. The van der Waals surface area contributed by atoms with Crippen molar-refractivity contribution in [3.05, 3.63) is 28.7 Å². The highest BCUT2D eigenvalue weighted by atomic mass is 16.5. The first-order valence-electron chi connectivity index (χ1n) is 7.78. The number of aliphatic carboxylic acids is 1. The summed E-state index contributed by atoms with van der Waals surface area (Å²) in [6.07, 6.45) is -6.36. The molecule has 4 N–H and O–H groups in total. The second-order valence-electron chi connectivity index (χ2n) is 5.98. The highest BCUT2D eigenvalue weighted by Gasteiger charge is 2.47. The Kier molecular flexibility index (Phi) is 6.24. The van der Waals surface area contributed by atoms with Gasteiger partial charge < -0.3 is 29.9 Å². The van der Waals surface area contributed by atoms with Gasteiger partial charge in [-0.3, -0.25) is 9.59 Å². The highest BCUT2D eigenvalue weighted by Crippen LogP contribution is 2.34. The number of hydrogen-bond acceptors (Lipinski definition) is 9. The number of carboxylic acid groups (broad SMARTS) is 1. The van der Waals surface area contributed by atoms with E-state index in [0.29, 0.717) is 5.56 Å². The summed E-state index contributed by atoms with van der Waals surface area (Å²) in [5.74, 6) is -3.22. The number of aliphatic hydroxyl groups excluding tert-OH is 3. The van der Waals surface area contributed by atoms with Crippen LogP contribution in [0.25, 0.3) is 0 Å². The Hall–Kier alpha value is -2.56. The van der Waals surface area contributed by atoms with Gasteiger partial charge in [-0.2, -0.15) is 0 Å². The molecule has 0 radical (unpaired) electrons. The Labute approximate surface area is 147 Å². The number of nitroso groups, excluding NO2 is 1. The summed E-state index contributed by atoms with van der Waals surface area (Å²) in [5.41, 5.74) is 0.333. The summed E-state index contributed by atoms with van der Waals surface area (Å²) in [5, 5.41) is 41.5. The van der Waals surface area contributed by atoms with Gasteiger partial charge in [-0.05, 0) is 22.9 Å². The predicted octanol–water partition coefficient (Wildman–Crippen LogP) is 0.0822. The van der Waals surface area contributed by atoms with Crippen molar-refractivity contribution in [2.75, 3.05) is 0 Å². The molecule has 5 atom stereocenters. The van der Waals surface area contributed by atoms with Crippen LogP contribution in [-0.2, 0) is 20.9 Å². The number of nitrogens with zero attached hydrogens (tertiary/aromatic N) is 1. The van der Waals surface area contributed by atoms with E-state index in [-0.39, 0.29) is 24.5 Å². The van der Waals surface area contributed by atoms with E-state index in [2.05, 4.69) is 5.18 Å². The molecular weight excluding hydrogens is 350 g/mol. The molecule has 1 aromatic rings. The molecule has 1 aromatic carbocycles. The number of carboxylic acids is 1. The first-order chi connectivity index (χ1) is 12.2. The third-order valence-electron chi connectivity index (χ3n) is 4.14.